The number of thioether (sulfide) groups is 1. The van der Waals surface area contributed by atoms with Gasteiger partial charge in [-0.15, -0.1) is 11.3 Å². The Kier molecular flexibility index (Phi) is 6.45. The van der Waals surface area contributed by atoms with Crippen molar-refractivity contribution >= 4 is 50.1 Å². The third-order valence-electron chi connectivity index (χ3n) is 6.14. The first kappa shape index (κ1) is 22.4. The molecule has 1 aliphatic heterocycles. The maximum absolute atomic E-state index is 13.6. The summed E-state index contributed by atoms with van der Waals surface area (Å²) in [6.45, 7) is 6.95. The summed E-state index contributed by atoms with van der Waals surface area (Å²) in [5.74, 6) is 0.740. The summed E-state index contributed by atoms with van der Waals surface area (Å²) in [6, 6.07) is 18.7. The first-order valence-electron chi connectivity index (χ1n) is 11.5. The summed E-state index contributed by atoms with van der Waals surface area (Å²) >= 11 is 3.55. The SMILES string of the molecule is CC(C)CN1C[C@@H](Sc2nc3ccccc3[nH]2)C[C@H]1C(=O)N(C)Cc1cc2ccccc2s1. The molecule has 5 nitrogen and oxygen atoms in total. The Labute approximate surface area is 203 Å². The molecule has 0 radical (unpaired) electrons. The van der Waals surface area contributed by atoms with E-state index in [2.05, 4.69) is 60.1 Å². The number of likely N-dealkylation sites (tertiary alicyclic amines) is 1. The number of aromatic amines is 1. The van der Waals surface area contributed by atoms with Crippen LogP contribution in [0.3, 0.4) is 0 Å². The van der Waals surface area contributed by atoms with Gasteiger partial charge in [0.25, 0.3) is 0 Å². The van der Waals surface area contributed by atoms with Gasteiger partial charge in [0.1, 0.15) is 0 Å². The van der Waals surface area contributed by atoms with Crippen molar-refractivity contribution in [2.75, 3.05) is 20.1 Å². The summed E-state index contributed by atoms with van der Waals surface area (Å²) in [6.07, 6.45) is 0.851. The highest BCUT2D eigenvalue weighted by atomic mass is 32.2. The molecule has 0 saturated carbocycles. The zero-order valence-corrected chi connectivity index (χ0v) is 21.0. The molecule has 5 rings (SSSR count). The number of thiophene rings is 1. The van der Waals surface area contributed by atoms with Gasteiger partial charge >= 0.3 is 0 Å². The van der Waals surface area contributed by atoms with E-state index < -0.39 is 0 Å². The molecule has 1 saturated heterocycles. The van der Waals surface area contributed by atoms with Crippen LogP contribution in [0.1, 0.15) is 25.1 Å². The van der Waals surface area contributed by atoms with Gasteiger partial charge in [-0.05, 0) is 42.0 Å². The Bertz CT molecular complexity index is 1200. The first-order valence-corrected chi connectivity index (χ1v) is 13.2. The van der Waals surface area contributed by atoms with Crippen molar-refractivity contribution in [3.63, 3.8) is 0 Å². The largest absolute Gasteiger partial charge is 0.339 e. The fourth-order valence-corrected chi connectivity index (χ4v) is 7.00. The van der Waals surface area contributed by atoms with Gasteiger partial charge in [0, 0.05) is 35.0 Å². The minimum absolute atomic E-state index is 0.0753. The van der Waals surface area contributed by atoms with Crippen LogP contribution in [-0.2, 0) is 11.3 Å². The molecule has 0 unspecified atom stereocenters. The predicted octanol–water partition coefficient (Wildman–Crippen LogP) is 5.63. The Morgan fingerprint density at radius 2 is 2.03 bits per heavy atom. The Balaban J connectivity index is 1.29. The van der Waals surface area contributed by atoms with E-state index in [0.29, 0.717) is 17.7 Å². The van der Waals surface area contributed by atoms with Crippen molar-refractivity contribution in [2.45, 2.75) is 43.3 Å². The molecule has 33 heavy (non-hydrogen) atoms. The van der Waals surface area contributed by atoms with Crippen LogP contribution < -0.4 is 0 Å². The number of rotatable bonds is 7. The van der Waals surface area contributed by atoms with E-state index in [0.717, 1.165) is 35.7 Å². The number of nitrogens with one attached hydrogen (secondary N) is 1. The minimum Gasteiger partial charge on any atom is -0.339 e. The van der Waals surface area contributed by atoms with Gasteiger partial charge in [0.15, 0.2) is 5.16 Å². The number of H-pyrrole nitrogens is 1. The van der Waals surface area contributed by atoms with Crippen molar-refractivity contribution in [3.05, 3.63) is 59.5 Å². The summed E-state index contributed by atoms with van der Waals surface area (Å²) in [7, 11) is 1.94. The fraction of sp³-hybridized carbons (Fsp3) is 0.385. The van der Waals surface area contributed by atoms with Crippen molar-refractivity contribution in [1.29, 1.82) is 0 Å². The average Bonchev–Trinajstić information content (AvgIpc) is 3.48. The molecule has 172 valence electrons. The van der Waals surface area contributed by atoms with Crippen LogP contribution in [0.4, 0.5) is 0 Å². The predicted molar refractivity (Wildman–Crippen MR) is 139 cm³/mol. The minimum atomic E-state index is -0.0753. The number of hydrogen-bond donors (Lipinski definition) is 1. The molecule has 1 fully saturated rings. The van der Waals surface area contributed by atoms with E-state index in [1.54, 1.807) is 23.1 Å². The highest BCUT2D eigenvalue weighted by Crippen LogP contribution is 2.34. The quantitative estimate of drug-likeness (QED) is 0.374. The molecule has 3 heterocycles. The van der Waals surface area contributed by atoms with Crippen LogP contribution >= 0.6 is 23.1 Å². The highest BCUT2D eigenvalue weighted by Gasteiger charge is 2.39. The van der Waals surface area contributed by atoms with E-state index in [1.807, 2.05) is 30.1 Å². The lowest BCUT2D eigenvalue weighted by molar-refractivity contribution is -0.135. The second kappa shape index (κ2) is 9.49. The van der Waals surface area contributed by atoms with Gasteiger partial charge in [0.2, 0.25) is 5.91 Å². The molecule has 0 spiro atoms. The van der Waals surface area contributed by atoms with Crippen LogP contribution in [0.25, 0.3) is 21.1 Å². The maximum atomic E-state index is 13.6. The fourth-order valence-electron chi connectivity index (χ4n) is 4.70. The number of imidazole rings is 1. The molecule has 1 amide bonds. The number of likely N-dealkylation sites (N-methyl/N-ethyl adjacent to an activating group) is 1. The average molecular weight is 479 g/mol. The third-order valence-corrected chi connectivity index (χ3v) is 8.33. The van der Waals surface area contributed by atoms with Crippen molar-refractivity contribution in [3.8, 4) is 0 Å². The number of fused-ring (bicyclic) bond motifs is 2. The van der Waals surface area contributed by atoms with Gasteiger partial charge in [-0.3, -0.25) is 9.69 Å². The highest BCUT2D eigenvalue weighted by molar-refractivity contribution is 7.99. The van der Waals surface area contributed by atoms with E-state index >= 15 is 0 Å². The Morgan fingerprint density at radius 3 is 2.82 bits per heavy atom. The number of amides is 1. The third kappa shape index (κ3) is 4.95. The zero-order valence-electron chi connectivity index (χ0n) is 19.3. The smallest absolute Gasteiger partial charge is 0.240 e. The van der Waals surface area contributed by atoms with E-state index in [9.17, 15) is 4.79 Å². The van der Waals surface area contributed by atoms with Gasteiger partial charge < -0.3 is 9.88 Å². The number of para-hydroxylation sites is 2. The van der Waals surface area contributed by atoms with Crippen LogP contribution in [-0.4, -0.2) is 57.1 Å². The van der Waals surface area contributed by atoms with E-state index in [1.165, 1.54) is 15.0 Å². The molecule has 0 bridgehead atoms. The molecule has 1 aliphatic rings. The first-order chi connectivity index (χ1) is 16.0. The van der Waals surface area contributed by atoms with Gasteiger partial charge in [0.05, 0.1) is 23.6 Å². The number of carbonyl (C=O) groups is 1. The molecule has 2 aromatic carbocycles. The monoisotopic (exact) mass is 478 g/mol. The number of hydrogen-bond acceptors (Lipinski definition) is 5. The number of carbonyl (C=O) groups excluding carboxylic acids is 1. The van der Waals surface area contributed by atoms with Gasteiger partial charge in [-0.25, -0.2) is 4.98 Å². The Morgan fingerprint density at radius 1 is 1.24 bits per heavy atom. The normalized spacial score (nSPS) is 19.2. The molecule has 7 heteroatoms. The van der Waals surface area contributed by atoms with Crippen molar-refractivity contribution in [1.82, 2.24) is 19.8 Å². The van der Waals surface area contributed by atoms with Crippen molar-refractivity contribution in [2.24, 2.45) is 5.92 Å². The van der Waals surface area contributed by atoms with Crippen LogP contribution in [0.5, 0.6) is 0 Å². The lowest BCUT2D eigenvalue weighted by Gasteiger charge is -2.28. The second-order valence-corrected chi connectivity index (χ2v) is 11.8. The van der Waals surface area contributed by atoms with Crippen molar-refractivity contribution < 1.29 is 4.79 Å². The van der Waals surface area contributed by atoms with E-state index in [-0.39, 0.29) is 11.9 Å². The van der Waals surface area contributed by atoms with Crippen LogP contribution in [0.2, 0.25) is 0 Å². The molecule has 0 aliphatic carbocycles. The van der Waals surface area contributed by atoms with Gasteiger partial charge in [-0.2, -0.15) is 0 Å². The lowest BCUT2D eigenvalue weighted by Crippen LogP contribution is -2.44. The van der Waals surface area contributed by atoms with Crippen LogP contribution in [0.15, 0.2) is 59.8 Å². The van der Waals surface area contributed by atoms with Gasteiger partial charge in [-0.1, -0.05) is 55.9 Å². The molecule has 2 aromatic heterocycles. The Hall–Kier alpha value is -2.35. The number of aromatic nitrogens is 2. The topological polar surface area (TPSA) is 52.2 Å². The van der Waals surface area contributed by atoms with E-state index in [4.69, 9.17) is 4.98 Å². The lowest BCUT2D eigenvalue weighted by atomic mass is 10.1. The summed E-state index contributed by atoms with van der Waals surface area (Å²) in [5.41, 5.74) is 2.06. The van der Waals surface area contributed by atoms with Crippen LogP contribution in [0, 0.1) is 5.92 Å². The number of nitrogens with zero attached hydrogens (tertiary/aromatic N) is 3. The second-order valence-electron chi connectivity index (χ2n) is 9.34. The zero-order chi connectivity index (χ0) is 22.9. The molecule has 1 N–H and O–H groups in total. The molecular formula is C26H30N4OS2. The molecule has 4 aromatic rings. The summed E-state index contributed by atoms with van der Waals surface area (Å²) in [4.78, 5) is 27.2. The summed E-state index contributed by atoms with van der Waals surface area (Å²) in [5, 5.41) is 2.54. The standard InChI is InChI=1S/C26H30N4OS2/c1-17(2)14-30-16-20(33-26-27-21-9-5-6-10-22(21)28-26)13-23(30)25(31)29(3)15-19-12-18-8-4-7-11-24(18)32-19/h4-12,17,20,23H,13-16H2,1-3H3,(H,27,28)/t20-,23-/m0/s1. The summed E-state index contributed by atoms with van der Waals surface area (Å²) < 4.78 is 1.28. The molecular weight excluding hydrogens is 448 g/mol. The number of benzene rings is 2. The molecule has 2 atom stereocenters. The maximum Gasteiger partial charge on any atom is 0.240 e.